The molecule has 11 nitrogen and oxygen atoms in total. The van der Waals surface area contributed by atoms with Gasteiger partial charge in [0.25, 0.3) is 0 Å². The van der Waals surface area contributed by atoms with Crippen LogP contribution in [0.1, 0.15) is 36.9 Å². The van der Waals surface area contributed by atoms with Crippen LogP contribution in [0.5, 0.6) is 23.0 Å². The van der Waals surface area contributed by atoms with E-state index in [-0.39, 0.29) is 5.75 Å². The third-order valence-electron chi connectivity index (χ3n) is 6.11. The Morgan fingerprint density at radius 3 is 2.24 bits per heavy atom. The summed E-state index contributed by atoms with van der Waals surface area (Å²) in [6.07, 6.45) is 0.205. The van der Waals surface area contributed by atoms with Crippen LogP contribution >= 0.6 is 0 Å². The second-order valence-electron chi connectivity index (χ2n) is 8.41. The highest BCUT2D eigenvalue weighted by atomic mass is 16.5. The lowest BCUT2D eigenvalue weighted by atomic mass is 9.95. The van der Waals surface area contributed by atoms with Crippen molar-refractivity contribution in [2.45, 2.75) is 38.3 Å². The molecule has 1 aliphatic rings. The molecule has 0 fully saturated rings. The van der Waals surface area contributed by atoms with Gasteiger partial charge in [0.1, 0.15) is 6.04 Å². The fourth-order valence-electron chi connectivity index (χ4n) is 4.52. The van der Waals surface area contributed by atoms with E-state index in [1.165, 1.54) is 47.5 Å². The Morgan fingerprint density at radius 2 is 1.68 bits per heavy atom. The van der Waals surface area contributed by atoms with Crippen molar-refractivity contribution in [2.24, 2.45) is 0 Å². The Kier molecular flexibility index (Phi) is 8.59. The first kappa shape index (κ1) is 27.3. The number of nitrogens with one attached hydrogen (secondary N) is 2. The Balaban J connectivity index is 2.23. The lowest BCUT2D eigenvalue weighted by molar-refractivity contribution is -0.140. The summed E-state index contributed by atoms with van der Waals surface area (Å²) in [5.41, 5.74) is 2.14. The van der Waals surface area contributed by atoms with Gasteiger partial charge in [-0.15, -0.1) is 0 Å². The van der Waals surface area contributed by atoms with Gasteiger partial charge in [-0.05, 0) is 47.7 Å². The van der Waals surface area contributed by atoms with Crippen LogP contribution in [0.2, 0.25) is 0 Å². The molecule has 0 unspecified atom stereocenters. The van der Waals surface area contributed by atoms with Gasteiger partial charge >= 0.3 is 5.97 Å². The molecule has 3 N–H and O–H groups in total. The lowest BCUT2D eigenvalue weighted by Crippen LogP contribution is -2.48. The standard InChI is InChI=1S/C26H30N2O9/c1-13(29)27-18(12-22(31)32)26(33)28-17-8-6-14-10-21(35-3)24(36-4)25(37-5)23(14)15-7-9-20(34-2)19(30)11-16(15)17/h7,9-11,17-18H,6,8,12H2,1-5H3,(H,27,29)(H,28,33)(H,31,32)/t17-,18+/m0/s1. The number of ether oxygens (including phenoxy) is 4. The van der Waals surface area contributed by atoms with E-state index < -0.39 is 41.7 Å². The summed E-state index contributed by atoms with van der Waals surface area (Å²) in [7, 11) is 5.87. The van der Waals surface area contributed by atoms with Gasteiger partial charge < -0.3 is 34.7 Å². The molecule has 0 heterocycles. The van der Waals surface area contributed by atoms with Gasteiger partial charge in [-0.2, -0.15) is 0 Å². The highest BCUT2D eigenvalue weighted by molar-refractivity contribution is 5.91. The van der Waals surface area contributed by atoms with Crippen molar-refractivity contribution in [1.82, 2.24) is 10.6 Å². The highest BCUT2D eigenvalue weighted by Crippen LogP contribution is 2.50. The van der Waals surface area contributed by atoms with Gasteiger partial charge in [-0.25, -0.2) is 0 Å². The number of fused-ring (bicyclic) bond motifs is 3. The monoisotopic (exact) mass is 514 g/mol. The molecule has 11 heteroatoms. The van der Waals surface area contributed by atoms with Crippen LogP contribution in [0.3, 0.4) is 0 Å². The number of carboxylic acid groups (broad SMARTS) is 1. The van der Waals surface area contributed by atoms with E-state index in [9.17, 15) is 24.3 Å². The number of aryl methyl sites for hydroxylation is 1. The number of carboxylic acids is 1. The van der Waals surface area contributed by atoms with Crippen molar-refractivity contribution < 1.29 is 38.4 Å². The van der Waals surface area contributed by atoms with E-state index in [0.29, 0.717) is 46.8 Å². The Hall–Kier alpha value is -4.28. The zero-order chi connectivity index (χ0) is 27.3. The van der Waals surface area contributed by atoms with E-state index in [2.05, 4.69) is 10.6 Å². The van der Waals surface area contributed by atoms with E-state index in [0.717, 1.165) is 5.56 Å². The number of aliphatic carboxylic acids is 1. The maximum atomic E-state index is 13.1. The molecule has 0 aromatic heterocycles. The van der Waals surface area contributed by atoms with E-state index >= 15 is 0 Å². The number of methoxy groups -OCH3 is 4. The van der Waals surface area contributed by atoms with Crippen LogP contribution in [-0.4, -0.2) is 57.4 Å². The van der Waals surface area contributed by atoms with Gasteiger partial charge in [-0.3, -0.25) is 19.2 Å². The minimum atomic E-state index is -1.29. The van der Waals surface area contributed by atoms with Gasteiger partial charge in [0.05, 0.1) is 40.9 Å². The molecule has 0 spiro atoms. The number of benzene rings is 1. The fraction of sp³-hybridized carbons (Fsp3) is 0.385. The highest BCUT2D eigenvalue weighted by Gasteiger charge is 2.32. The average molecular weight is 515 g/mol. The molecule has 198 valence electrons. The summed E-state index contributed by atoms with van der Waals surface area (Å²) < 4.78 is 22.0. The number of rotatable bonds is 9. The first-order chi connectivity index (χ1) is 17.6. The topological polar surface area (TPSA) is 149 Å². The van der Waals surface area contributed by atoms with Crippen molar-refractivity contribution >= 4 is 17.8 Å². The molecule has 0 radical (unpaired) electrons. The average Bonchev–Trinajstić information content (AvgIpc) is 3.10. The Morgan fingerprint density at radius 1 is 1.00 bits per heavy atom. The minimum absolute atomic E-state index is 0.0983. The predicted octanol–water partition coefficient (Wildman–Crippen LogP) is 1.83. The van der Waals surface area contributed by atoms with Crippen LogP contribution in [0, 0.1) is 0 Å². The number of amides is 2. The summed E-state index contributed by atoms with van der Waals surface area (Å²) in [6.45, 7) is 1.20. The van der Waals surface area contributed by atoms with E-state index in [1.807, 2.05) is 6.07 Å². The van der Waals surface area contributed by atoms with Gasteiger partial charge in [0, 0.05) is 12.5 Å². The normalized spacial score (nSPS) is 14.7. The van der Waals surface area contributed by atoms with Crippen LogP contribution < -0.4 is 35.0 Å². The van der Waals surface area contributed by atoms with Gasteiger partial charge in [0.15, 0.2) is 17.2 Å². The molecule has 0 saturated heterocycles. The molecule has 0 aliphatic heterocycles. The number of hydrogen-bond acceptors (Lipinski definition) is 8. The largest absolute Gasteiger partial charge is 0.493 e. The predicted molar refractivity (Wildman–Crippen MR) is 133 cm³/mol. The molecule has 1 aliphatic carbocycles. The Labute approximate surface area is 213 Å². The molecule has 3 rings (SSSR count). The van der Waals surface area contributed by atoms with Crippen molar-refractivity contribution in [2.75, 3.05) is 28.4 Å². The van der Waals surface area contributed by atoms with Crippen LogP contribution in [0.25, 0.3) is 11.1 Å². The maximum absolute atomic E-state index is 13.1. The number of carbonyl (C=O) groups excluding carboxylic acids is 2. The molecule has 0 saturated carbocycles. The molecule has 0 bridgehead atoms. The van der Waals surface area contributed by atoms with Crippen molar-refractivity contribution in [3.05, 3.63) is 45.6 Å². The molecule has 2 amide bonds. The summed E-state index contributed by atoms with van der Waals surface area (Å²) in [5.74, 6) is -1.17. The quantitative estimate of drug-likeness (QED) is 0.455. The zero-order valence-corrected chi connectivity index (χ0v) is 21.3. The summed E-state index contributed by atoms with van der Waals surface area (Å²) in [4.78, 5) is 49.0. The second-order valence-corrected chi connectivity index (χ2v) is 8.41. The summed E-state index contributed by atoms with van der Waals surface area (Å²) in [6, 6.07) is 4.45. The van der Waals surface area contributed by atoms with Crippen LogP contribution in [0.4, 0.5) is 0 Å². The van der Waals surface area contributed by atoms with Crippen molar-refractivity contribution in [1.29, 1.82) is 0 Å². The summed E-state index contributed by atoms with van der Waals surface area (Å²) >= 11 is 0. The minimum Gasteiger partial charge on any atom is -0.493 e. The third kappa shape index (κ3) is 5.76. The molecule has 37 heavy (non-hydrogen) atoms. The van der Waals surface area contributed by atoms with Crippen molar-refractivity contribution in [3.8, 4) is 34.1 Å². The van der Waals surface area contributed by atoms with E-state index in [4.69, 9.17) is 18.9 Å². The molecule has 2 aromatic carbocycles. The molecular formula is C26H30N2O9. The SMILES string of the molecule is COc1cc2c(c(OC)c1OC)-c1ccc(OC)c(=O)cc1[C@@H](NC(=O)[C@@H](CC(=O)O)NC(C)=O)CC2. The second kappa shape index (κ2) is 11.6. The lowest BCUT2D eigenvalue weighted by Gasteiger charge is -2.22. The van der Waals surface area contributed by atoms with Gasteiger partial charge in [-0.1, -0.05) is 6.07 Å². The van der Waals surface area contributed by atoms with Crippen LogP contribution in [0.15, 0.2) is 29.1 Å². The Bertz CT molecular complexity index is 1260. The van der Waals surface area contributed by atoms with Crippen molar-refractivity contribution in [3.63, 3.8) is 0 Å². The fourth-order valence-corrected chi connectivity index (χ4v) is 4.52. The molecule has 2 aromatic rings. The molecule has 2 atom stereocenters. The third-order valence-corrected chi connectivity index (χ3v) is 6.11. The first-order valence-corrected chi connectivity index (χ1v) is 11.5. The number of carbonyl (C=O) groups is 3. The molecular weight excluding hydrogens is 484 g/mol. The summed E-state index contributed by atoms with van der Waals surface area (Å²) in [5, 5.41) is 14.4. The number of hydrogen-bond donors (Lipinski definition) is 3. The van der Waals surface area contributed by atoms with Gasteiger partial charge in [0.2, 0.25) is 23.0 Å². The zero-order valence-electron chi connectivity index (χ0n) is 21.3. The first-order valence-electron chi connectivity index (χ1n) is 11.5. The maximum Gasteiger partial charge on any atom is 0.305 e. The van der Waals surface area contributed by atoms with E-state index in [1.54, 1.807) is 6.07 Å². The smallest absolute Gasteiger partial charge is 0.305 e. The van der Waals surface area contributed by atoms with Crippen LogP contribution in [-0.2, 0) is 20.8 Å².